The van der Waals surface area contributed by atoms with Crippen molar-refractivity contribution < 1.29 is 9.59 Å². The van der Waals surface area contributed by atoms with E-state index < -0.39 is 6.04 Å². The number of rotatable bonds is 8. The van der Waals surface area contributed by atoms with E-state index in [4.69, 9.17) is 0 Å². The summed E-state index contributed by atoms with van der Waals surface area (Å²) in [5.74, 6) is -0.104. The highest BCUT2D eigenvalue weighted by atomic mass is 16.2. The first-order valence-corrected chi connectivity index (χ1v) is 9.33. The van der Waals surface area contributed by atoms with Crippen LogP contribution in [0.4, 0.5) is 0 Å². The summed E-state index contributed by atoms with van der Waals surface area (Å²) in [7, 11) is 1.77. The molecule has 2 amide bonds. The smallest absolute Gasteiger partial charge is 0.237 e. The van der Waals surface area contributed by atoms with Gasteiger partial charge in [0.1, 0.15) is 0 Å². The second-order valence-corrected chi connectivity index (χ2v) is 7.17. The molecule has 144 valence electrons. The summed E-state index contributed by atoms with van der Waals surface area (Å²) in [6.45, 7) is 8.74. The Morgan fingerprint density at radius 1 is 1.46 bits per heavy atom. The van der Waals surface area contributed by atoms with Crippen molar-refractivity contribution in [1.29, 1.82) is 0 Å². The lowest BCUT2D eigenvalue weighted by Crippen LogP contribution is -2.56. The van der Waals surface area contributed by atoms with Crippen molar-refractivity contribution in [2.24, 2.45) is 0 Å². The lowest BCUT2D eigenvalue weighted by molar-refractivity contribution is -0.138. The zero-order chi connectivity index (χ0) is 19.1. The Morgan fingerprint density at radius 2 is 2.23 bits per heavy atom. The normalized spacial score (nSPS) is 17.7. The Hall–Kier alpha value is -2.15. The molecule has 2 N–H and O–H groups in total. The van der Waals surface area contributed by atoms with Gasteiger partial charge in [-0.1, -0.05) is 25.0 Å². The van der Waals surface area contributed by atoms with Gasteiger partial charge in [0, 0.05) is 26.7 Å². The number of amides is 2. The minimum Gasteiger partial charge on any atom is -0.353 e. The van der Waals surface area contributed by atoms with Crippen LogP contribution >= 0.6 is 0 Å². The van der Waals surface area contributed by atoms with Crippen molar-refractivity contribution in [3.05, 3.63) is 29.1 Å². The molecular formula is C19H31N5O2. The monoisotopic (exact) mass is 361 g/mol. The van der Waals surface area contributed by atoms with Crippen LogP contribution in [0.5, 0.6) is 0 Å². The number of allylic oxidation sites excluding steroid dienone is 1. The highest BCUT2D eigenvalue weighted by Gasteiger charge is 2.31. The first-order valence-electron chi connectivity index (χ1n) is 9.33. The van der Waals surface area contributed by atoms with Gasteiger partial charge in [0.15, 0.2) is 0 Å². The van der Waals surface area contributed by atoms with E-state index in [2.05, 4.69) is 33.4 Å². The molecular weight excluding hydrogens is 330 g/mol. The summed E-state index contributed by atoms with van der Waals surface area (Å²) in [6.07, 6.45) is 4.25. The number of nitrogens with zero attached hydrogens (tertiary/aromatic N) is 3. The summed E-state index contributed by atoms with van der Waals surface area (Å²) in [4.78, 5) is 28.7. The molecule has 0 bridgehead atoms. The number of hydrogen-bond acceptors (Lipinski definition) is 4. The average molecular weight is 361 g/mol. The van der Waals surface area contributed by atoms with Crippen LogP contribution < -0.4 is 5.32 Å². The van der Waals surface area contributed by atoms with Crippen LogP contribution in [0.1, 0.15) is 45.0 Å². The van der Waals surface area contributed by atoms with E-state index in [0.29, 0.717) is 19.6 Å². The molecule has 0 unspecified atom stereocenters. The molecule has 0 radical (unpaired) electrons. The number of piperazine rings is 1. The fourth-order valence-corrected chi connectivity index (χ4v) is 3.04. The van der Waals surface area contributed by atoms with E-state index >= 15 is 0 Å². The second kappa shape index (κ2) is 9.52. The van der Waals surface area contributed by atoms with Crippen molar-refractivity contribution in [2.75, 3.05) is 26.7 Å². The summed E-state index contributed by atoms with van der Waals surface area (Å²) in [5.41, 5.74) is 3.14. The van der Waals surface area contributed by atoms with E-state index in [0.717, 1.165) is 30.8 Å². The van der Waals surface area contributed by atoms with E-state index in [1.54, 1.807) is 11.9 Å². The Balaban J connectivity index is 1.95. The Bertz CT molecular complexity index is 648. The van der Waals surface area contributed by atoms with Crippen LogP contribution in [-0.2, 0) is 22.6 Å². The lowest BCUT2D eigenvalue weighted by Gasteiger charge is -2.34. The number of H-pyrrole nitrogens is 1. The Morgan fingerprint density at radius 3 is 2.92 bits per heavy atom. The van der Waals surface area contributed by atoms with Gasteiger partial charge in [-0.05, 0) is 26.3 Å². The predicted molar refractivity (Wildman–Crippen MR) is 101 cm³/mol. The fourth-order valence-electron chi connectivity index (χ4n) is 3.04. The van der Waals surface area contributed by atoms with E-state index in [9.17, 15) is 9.59 Å². The number of aromatic nitrogens is 2. The minimum absolute atomic E-state index is 0.0408. The molecule has 7 heteroatoms. The lowest BCUT2D eigenvalue weighted by atomic mass is 10.1. The molecule has 2 rings (SSSR count). The molecule has 0 aromatic carbocycles. The van der Waals surface area contributed by atoms with Gasteiger partial charge in [0.2, 0.25) is 11.8 Å². The quantitative estimate of drug-likeness (QED) is 0.687. The Labute approximate surface area is 155 Å². The van der Waals surface area contributed by atoms with Crippen molar-refractivity contribution in [3.8, 4) is 0 Å². The maximum absolute atomic E-state index is 12.6. The van der Waals surface area contributed by atoms with Crippen LogP contribution in [0.3, 0.4) is 0 Å². The topological polar surface area (TPSA) is 81.3 Å². The molecule has 1 aliphatic heterocycles. The van der Waals surface area contributed by atoms with Gasteiger partial charge in [0.05, 0.1) is 30.4 Å². The molecule has 0 spiro atoms. The van der Waals surface area contributed by atoms with Gasteiger partial charge in [-0.15, -0.1) is 0 Å². The molecule has 0 aliphatic carbocycles. The Kier molecular flexibility index (Phi) is 7.38. The number of nitrogens with one attached hydrogen (secondary N) is 2. The van der Waals surface area contributed by atoms with Crippen molar-refractivity contribution in [2.45, 2.75) is 52.6 Å². The van der Waals surface area contributed by atoms with E-state index in [1.165, 1.54) is 5.57 Å². The summed E-state index contributed by atoms with van der Waals surface area (Å²) in [5, 5.41) is 10.1. The van der Waals surface area contributed by atoms with Crippen LogP contribution in [-0.4, -0.2) is 64.5 Å². The van der Waals surface area contributed by atoms with Crippen LogP contribution in [0.2, 0.25) is 0 Å². The standard InChI is InChI=1S/C19H31N5O2/c1-5-6-15-11-16(22-21-15)13-23(4)18(25)12-17-19(26)20-8-10-24(17)9-7-14(2)3/h7,11,17H,5-6,8-10,12-13H2,1-4H3,(H,20,26)(H,21,22)/t17-/m0/s1. The zero-order valence-corrected chi connectivity index (χ0v) is 16.3. The molecule has 0 saturated carbocycles. The zero-order valence-electron chi connectivity index (χ0n) is 16.3. The van der Waals surface area contributed by atoms with Gasteiger partial charge < -0.3 is 10.2 Å². The van der Waals surface area contributed by atoms with E-state index in [-0.39, 0.29) is 18.2 Å². The number of hydrogen-bond donors (Lipinski definition) is 2. The molecule has 26 heavy (non-hydrogen) atoms. The summed E-state index contributed by atoms with van der Waals surface area (Å²) >= 11 is 0. The molecule has 7 nitrogen and oxygen atoms in total. The molecule has 1 aromatic rings. The maximum atomic E-state index is 12.6. The molecule has 1 atom stereocenters. The van der Waals surface area contributed by atoms with Crippen molar-refractivity contribution >= 4 is 11.8 Å². The van der Waals surface area contributed by atoms with Crippen LogP contribution in [0, 0.1) is 0 Å². The first kappa shape index (κ1) is 20.2. The number of carbonyl (C=O) groups is 2. The summed E-state index contributed by atoms with van der Waals surface area (Å²) in [6, 6.07) is 1.59. The third-order valence-corrected chi connectivity index (χ3v) is 4.57. The molecule has 1 aromatic heterocycles. The van der Waals surface area contributed by atoms with Gasteiger partial charge in [0.25, 0.3) is 0 Å². The largest absolute Gasteiger partial charge is 0.353 e. The average Bonchev–Trinajstić information content (AvgIpc) is 3.02. The van der Waals surface area contributed by atoms with Crippen LogP contribution in [0.25, 0.3) is 0 Å². The van der Waals surface area contributed by atoms with Gasteiger partial charge in [-0.2, -0.15) is 5.10 Å². The molecule has 1 fully saturated rings. The van der Waals surface area contributed by atoms with E-state index in [1.807, 2.05) is 19.9 Å². The summed E-state index contributed by atoms with van der Waals surface area (Å²) < 4.78 is 0. The third-order valence-electron chi connectivity index (χ3n) is 4.57. The van der Waals surface area contributed by atoms with Crippen LogP contribution in [0.15, 0.2) is 17.7 Å². The maximum Gasteiger partial charge on any atom is 0.237 e. The van der Waals surface area contributed by atoms with Crippen molar-refractivity contribution in [1.82, 2.24) is 25.3 Å². The SMILES string of the molecule is CCCc1cc(CN(C)C(=O)C[C@H]2C(=O)NCCN2CC=C(C)C)[nH]n1. The third kappa shape index (κ3) is 5.69. The molecule has 1 aliphatic rings. The highest BCUT2D eigenvalue weighted by molar-refractivity contribution is 5.88. The fraction of sp³-hybridized carbons (Fsp3) is 0.632. The first-order chi connectivity index (χ1) is 12.4. The minimum atomic E-state index is -0.410. The second-order valence-electron chi connectivity index (χ2n) is 7.17. The molecule has 2 heterocycles. The molecule has 1 saturated heterocycles. The highest BCUT2D eigenvalue weighted by Crippen LogP contribution is 2.13. The number of aryl methyl sites for hydroxylation is 1. The van der Waals surface area contributed by atoms with Gasteiger partial charge in [-0.3, -0.25) is 19.6 Å². The number of aromatic amines is 1. The predicted octanol–water partition coefficient (Wildman–Crippen LogP) is 1.48. The van der Waals surface area contributed by atoms with Gasteiger partial charge >= 0.3 is 0 Å². The van der Waals surface area contributed by atoms with Crippen molar-refractivity contribution in [3.63, 3.8) is 0 Å². The number of carbonyl (C=O) groups excluding carboxylic acids is 2. The van der Waals surface area contributed by atoms with Gasteiger partial charge in [-0.25, -0.2) is 0 Å².